The van der Waals surface area contributed by atoms with Crippen LogP contribution in [0.5, 0.6) is 0 Å². The van der Waals surface area contributed by atoms with Gasteiger partial charge in [0.2, 0.25) is 0 Å². The molecule has 0 fully saturated rings. The molecule has 0 amide bonds. The van der Waals surface area contributed by atoms with E-state index in [1.807, 2.05) is 30.3 Å². The van der Waals surface area contributed by atoms with Crippen LogP contribution < -0.4 is 0 Å². The van der Waals surface area contributed by atoms with Crippen LogP contribution in [0.3, 0.4) is 0 Å². The van der Waals surface area contributed by atoms with Gasteiger partial charge in [0.15, 0.2) is 0 Å². The molecule has 24 heavy (non-hydrogen) atoms. The van der Waals surface area contributed by atoms with E-state index < -0.39 is 0 Å². The van der Waals surface area contributed by atoms with Crippen molar-refractivity contribution in [3.8, 4) is 11.8 Å². The first-order valence-corrected chi connectivity index (χ1v) is 7.55. The summed E-state index contributed by atoms with van der Waals surface area (Å²) in [6.07, 6.45) is 0. The zero-order chi connectivity index (χ0) is 16.9. The second-order valence-corrected chi connectivity index (χ2v) is 5.39. The smallest absolute Gasteiger partial charge is 0.123 e. The Hall–Kier alpha value is -2.97. The Balaban J connectivity index is 1.85. The molecular formula is C19H16FN3O. The Morgan fingerprint density at radius 1 is 1.08 bits per heavy atom. The summed E-state index contributed by atoms with van der Waals surface area (Å²) in [7, 11) is 0. The summed E-state index contributed by atoms with van der Waals surface area (Å²) in [4.78, 5) is 0. The Labute approximate surface area is 139 Å². The van der Waals surface area contributed by atoms with E-state index in [0.717, 1.165) is 5.56 Å². The summed E-state index contributed by atoms with van der Waals surface area (Å²) in [6.45, 7) is 2.47. The highest BCUT2D eigenvalue weighted by Crippen LogP contribution is 2.20. The number of benzene rings is 2. The molecule has 1 heterocycles. The third kappa shape index (κ3) is 3.34. The van der Waals surface area contributed by atoms with E-state index in [4.69, 9.17) is 4.74 Å². The number of nitrogens with zero attached hydrogens (tertiary/aromatic N) is 3. The quantitative estimate of drug-likeness (QED) is 0.716. The van der Waals surface area contributed by atoms with Crippen LogP contribution in [0.1, 0.15) is 22.5 Å². The summed E-state index contributed by atoms with van der Waals surface area (Å²) in [5.74, 6) is -0.315. The molecular weight excluding hydrogens is 305 g/mol. The second-order valence-electron chi connectivity index (χ2n) is 5.39. The molecule has 1 aromatic heterocycles. The molecule has 5 heteroatoms. The minimum atomic E-state index is -0.315. The number of aryl methyl sites for hydroxylation is 1. The number of ether oxygens (including phenoxy) is 1. The first-order valence-electron chi connectivity index (χ1n) is 7.55. The van der Waals surface area contributed by atoms with Crippen molar-refractivity contribution in [3.05, 3.63) is 82.9 Å². The van der Waals surface area contributed by atoms with Crippen molar-refractivity contribution in [1.29, 1.82) is 5.26 Å². The number of nitriles is 1. The number of hydrogen-bond acceptors (Lipinski definition) is 3. The summed E-state index contributed by atoms with van der Waals surface area (Å²) in [5.41, 5.74) is 3.53. The molecule has 0 N–H and O–H groups in total. The minimum absolute atomic E-state index is 0.246. The molecule has 0 aliphatic heterocycles. The van der Waals surface area contributed by atoms with Crippen LogP contribution in [0.15, 0.2) is 54.6 Å². The van der Waals surface area contributed by atoms with E-state index in [1.165, 1.54) is 12.1 Å². The number of aromatic nitrogens is 2. The fourth-order valence-corrected chi connectivity index (χ4v) is 2.49. The summed E-state index contributed by atoms with van der Waals surface area (Å²) < 4.78 is 20.5. The lowest BCUT2D eigenvalue weighted by Crippen LogP contribution is -2.05. The molecule has 4 nitrogen and oxygen atoms in total. The lowest BCUT2D eigenvalue weighted by molar-refractivity contribution is 0.103. The molecule has 0 aliphatic rings. The number of hydrogen-bond donors (Lipinski definition) is 0. The average Bonchev–Trinajstić information content (AvgIpc) is 2.92. The highest BCUT2D eigenvalue weighted by molar-refractivity contribution is 5.43. The molecule has 0 aliphatic carbocycles. The van der Waals surface area contributed by atoms with Gasteiger partial charge in [0.1, 0.15) is 11.9 Å². The minimum Gasteiger partial charge on any atom is -0.370 e. The summed E-state index contributed by atoms with van der Waals surface area (Å²) in [5, 5.41) is 13.8. The van der Waals surface area contributed by atoms with E-state index in [0.29, 0.717) is 29.2 Å². The lowest BCUT2D eigenvalue weighted by Gasteiger charge is -2.09. The van der Waals surface area contributed by atoms with Crippen molar-refractivity contribution < 1.29 is 9.13 Å². The van der Waals surface area contributed by atoms with Crippen LogP contribution >= 0.6 is 0 Å². The van der Waals surface area contributed by atoms with Crippen LogP contribution in [0, 0.1) is 24.1 Å². The lowest BCUT2D eigenvalue weighted by atomic mass is 10.2. The van der Waals surface area contributed by atoms with Gasteiger partial charge in [-0.3, -0.25) is 0 Å². The van der Waals surface area contributed by atoms with Crippen LogP contribution in [0.2, 0.25) is 0 Å². The molecule has 3 aromatic rings. The van der Waals surface area contributed by atoms with Crippen molar-refractivity contribution in [3.63, 3.8) is 0 Å². The van der Waals surface area contributed by atoms with Gasteiger partial charge in [-0.2, -0.15) is 10.4 Å². The fourth-order valence-electron chi connectivity index (χ4n) is 2.49. The van der Waals surface area contributed by atoms with Crippen molar-refractivity contribution >= 4 is 0 Å². The highest BCUT2D eigenvalue weighted by atomic mass is 19.1. The van der Waals surface area contributed by atoms with Gasteiger partial charge in [0, 0.05) is 0 Å². The zero-order valence-electron chi connectivity index (χ0n) is 13.2. The second kappa shape index (κ2) is 7.07. The highest BCUT2D eigenvalue weighted by Gasteiger charge is 2.16. The van der Waals surface area contributed by atoms with E-state index in [1.54, 1.807) is 23.7 Å². The van der Waals surface area contributed by atoms with Gasteiger partial charge in [-0.15, -0.1) is 0 Å². The van der Waals surface area contributed by atoms with Gasteiger partial charge in [-0.25, -0.2) is 9.07 Å². The molecule has 120 valence electrons. The van der Waals surface area contributed by atoms with Gasteiger partial charge < -0.3 is 4.74 Å². The van der Waals surface area contributed by atoms with Gasteiger partial charge in [0.25, 0.3) is 0 Å². The fraction of sp³-hybridized carbons (Fsp3) is 0.158. The van der Waals surface area contributed by atoms with Crippen LogP contribution in [-0.4, -0.2) is 9.78 Å². The Morgan fingerprint density at radius 2 is 1.79 bits per heavy atom. The van der Waals surface area contributed by atoms with Crippen molar-refractivity contribution in [2.45, 2.75) is 20.1 Å². The van der Waals surface area contributed by atoms with Crippen LogP contribution in [-0.2, 0) is 18.0 Å². The Morgan fingerprint density at radius 3 is 2.46 bits per heavy atom. The van der Waals surface area contributed by atoms with Gasteiger partial charge in [-0.05, 0) is 36.8 Å². The average molecular weight is 321 g/mol. The van der Waals surface area contributed by atoms with Crippen molar-refractivity contribution in [2.75, 3.05) is 0 Å². The van der Waals surface area contributed by atoms with Gasteiger partial charge in [0.05, 0.1) is 35.9 Å². The molecule has 0 atom stereocenters. The molecule has 2 aromatic carbocycles. The number of rotatable bonds is 5. The van der Waals surface area contributed by atoms with Gasteiger partial charge in [-0.1, -0.05) is 30.3 Å². The van der Waals surface area contributed by atoms with E-state index >= 15 is 0 Å². The van der Waals surface area contributed by atoms with Crippen LogP contribution in [0.25, 0.3) is 5.69 Å². The standard InChI is InChI=1S/C19H16FN3O/c1-14-18(11-21)19(13-24-12-15-5-3-2-4-6-15)23(22-14)17-9-7-16(20)8-10-17/h2-10H,12-13H2,1H3. The maximum absolute atomic E-state index is 13.1. The van der Waals surface area contributed by atoms with Crippen molar-refractivity contribution in [2.24, 2.45) is 0 Å². The molecule has 0 radical (unpaired) electrons. The summed E-state index contributed by atoms with van der Waals surface area (Å²) >= 11 is 0. The Kier molecular flexibility index (Phi) is 4.69. The van der Waals surface area contributed by atoms with E-state index in [2.05, 4.69) is 11.2 Å². The molecule has 0 spiro atoms. The molecule has 0 bridgehead atoms. The maximum Gasteiger partial charge on any atom is 0.123 e. The predicted molar refractivity (Wildman–Crippen MR) is 87.9 cm³/mol. The SMILES string of the molecule is Cc1nn(-c2ccc(F)cc2)c(COCc2ccccc2)c1C#N. The number of halogens is 1. The first kappa shape index (κ1) is 15.9. The molecule has 0 saturated carbocycles. The molecule has 3 rings (SSSR count). The normalized spacial score (nSPS) is 10.5. The molecule has 0 saturated heterocycles. The maximum atomic E-state index is 13.1. The topological polar surface area (TPSA) is 50.8 Å². The first-order chi connectivity index (χ1) is 11.7. The monoisotopic (exact) mass is 321 g/mol. The van der Waals surface area contributed by atoms with Crippen molar-refractivity contribution in [1.82, 2.24) is 9.78 Å². The van der Waals surface area contributed by atoms with Crippen LogP contribution in [0.4, 0.5) is 4.39 Å². The largest absolute Gasteiger partial charge is 0.370 e. The Bertz CT molecular complexity index is 864. The third-order valence-corrected chi connectivity index (χ3v) is 3.69. The van der Waals surface area contributed by atoms with E-state index in [-0.39, 0.29) is 12.4 Å². The summed E-state index contributed by atoms with van der Waals surface area (Å²) in [6, 6.07) is 18.0. The van der Waals surface area contributed by atoms with E-state index in [9.17, 15) is 9.65 Å². The van der Waals surface area contributed by atoms with Gasteiger partial charge >= 0.3 is 0 Å². The molecule has 0 unspecified atom stereocenters. The third-order valence-electron chi connectivity index (χ3n) is 3.69. The predicted octanol–water partition coefficient (Wildman–Crippen LogP) is 3.91. The zero-order valence-corrected chi connectivity index (χ0v) is 13.2.